The van der Waals surface area contributed by atoms with Gasteiger partial charge < -0.3 is 15.0 Å². The predicted octanol–water partition coefficient (Wildman–Crippen LogP) is 5.65. The lowest BCUT2D eigenvalue weighted by Crippen LogP contribution is -2.40. The maximum atomic E-state index is 14.1. The van der Waals surface area contributed by atoms with Gasteiger partial charge in [0.1, 0.15) is 17.4 Å². The van der Waals surface area contributed by atoms with Crippen LogP contribution in [0.5, 0.6) is 5.75 Å². The van der Waals surface area contributed by atoms with E-state index in [2.05, 4.69) is 5.32 Å². The van der Waals surface area contributed by atoms with Crippen LogP contribution in [0.4, 0.5) is 14.5 Å². The second-order valence-corrected chi connectivity index (χ2v) is 8.52. The van der Waals surface area contributed by atoms with Crippen molar-refractivity contribution >= 4 is 17.5 Å². The Hall–Kier alpha value is -3.74. The van der Waals surface area contributed by atoms with Crippen LogP contribution in [0.1, 0.15) is 49.4 Å². The van der Waals surface area contributed by atoms with E-state index in [4.69, 9.17) is 4.74 Å². The molecule has 0 aromatic heterocycles. The van der Waals surface area contributed by atoms with Crippen molar-refractivity contribution in [3.63, 3.8) is 0 Å². The minimum atomic E-state index is -0.775. The quantitative estimate of drug-likeness (QED) is 0.478. The van der Waals surface area contributed by atoms with Crippen molar-refractivity contribution in [3.05, 3.63) is 95.1 Å². The first-order chi connectivity index (χ1) is 16.9. The fourth-order valence-electron chi connectivity index (χ4n) is 4.42. The van der Waals surface area contributed by atoms with Crippen LogP contribution in [-0.2, 0) is 16.0 Å². The third-order valence-electron chi connectivity index (χ3n) is 6.19. The average Bonchev–Trinajstić information content (AvgIpc) is 2.87. The third kappa shape index (κ3) is 5.50. The van der Waals surface area contributed by atoms with Crippen LogP contribution >= 0.6 is 0 Å². The van der Waals surface area contributed by atoms with E-state index in [1.165, 1.54) is 36.4 Å². The number of rotatable bonds is 7. The van der Waals surface area contributed by atoms with Crippen LogP contribution in [0.3, 0.4) is 0 Å². The van der Waals surface area contributed by atoms with Gasteiger partial charge in [0.15, 0.2) is 6.10 Å². The lowest BCUT2D eigenvalue weighted by Gasteiger charge is -2.38. The molecule has 0 aliphatic carbocycles. The molecule has 35 heavy (non-hydrogen) atoms. The molecule has 0 fully saturated rings. The molecule has 0 saturated carbocycles. The van der Waals surface area contributed by atoms with E-state index < -0.39 is 12.1 Å². The first-order valence-electron chi connectivity index (χ1n) is 11.8. The molecule has 0 unspecified atom stereocenters. The average molecular weight is 479 g/mol. The Labute approximate surface area is 203 Å². The molecule has 2 amide bonds. The molecule has 3 aromatic carbocycles. The van der Waals surface area contributed by atoms with Crippen molar-refractivity contribution in [2.24, 2.45) is 0 Å². The molecule has 0 radical (unpaired) electrons. The lowest BCUT2D eigenvalue weighted by molar-refractivity contribution is -0.133. The molecular weight excluding hydrogens is 450 g/mol. The van der Waals surface area contributed by atoms with E-state index in [9.17, 15) is 18.4 Å². The normalized spacial score (nSPS) is 15.8. The van der Waals surface area contributed by atoms with Gasteiger partial charge in [0, 0.05) is 18.7 Å². The van der Waals surface area contributed by atoms with Gasteiger partial charge in [0.2, 0.25) is 5.91 Å². The SMILES string of the molecule is CCC(=O)N1CCc2ccc(O[C@H](CC)C(=O)Nc3ccc(F)cc3)cc2[C@H]1c1cccc(F)c1. The highest BCUT2D eigenvalue weighted by Gasteiger charge is 2.32. The number of anilines is 1. The van der Waals surface area contributed by atoms with Gasteiger partial charge >= 0.3 is 0 Å². The minimum absolute atomic E-state index is 0.0126. The summed E-state index contributed by atoms with van der Waals surface area (Å²) in [6.07, 6.45) is 0.661. The lowest BCUT2D eigenvalue weighted by atomic mass is 9.87. The second-order valence-electron chi connectivity index (χ2n) is 8.52. The number of nitrogens with zero attached hydrogens (tertiary/aromatic N) is 1. The molecule has 2 atom stereocenters. The summed E-state index contributed by atoms with van der Waals surface area (Å²) in [5.74, 6) is -0.627. The van der Waals surface area contributed by atoms with E-state index in [1.807, 2.05) is 38.1 Å². The number of carbonyl (C=O) groups excluding carboxylic acids is 2. The van der Waals surface area contributed by atoms with E-state index in [0.717, 1.165) is 11.1 Å². The highest BCUT2D eigenvalue weighted by molar-refractivity contribution is 5.94. The molecule has 7 heteroatoms. The monoisotopic (exact) mass is 478 g/mol. The predicted molar refractivity (Wildman–Crippen MR) is 130 cm³/mol. The zero-order valence-corrected chi connectivity index (χ0v) is 19.8. The number of nitrogens with one attached hydrogen (secondary N) is 1. The van der Waals surface area contributed by atoms with E-state index in [0.29, 0.717) is 42.8 Å². The summed E-state index contributed by atoms with van der Waals surface area (Å²) in [6.45, 7) is 4.19. The number of hydrogen-bond donors (Lipinski definition) is 1. The molecule has 182 valence electrons. The van der Waals surface area contributed by atoms with Crippen LogP contribution in [0, 0.1) is 11.6 Å². The fraction of sp³-hybridized carbons (Fsp3) is 0.286. The number of fused-ring (bicyclic) bond motifs is 1. The van der Waals surface area contributed by atoms with Gasteiger partial charge in [-0.2, -0.15) is 0 Å². The number of ether oxygens (including phenoxy) is 1. The van der Waals surface area contributed by atoms with E-state index in [1.54, 1.807) is 11.0 Å². The summed E-state index contributed by atoms with van der Waals surface area (Å²) in [5, 5.41) is 2.75. The Kier molecular flexibility index (Phi) is 7.44. The summed E-state index contributed by atoms with van der Waals surface area (Å²) in [7, 11) is 0. The second kappa shape index (κ2) is 10.7. The smallest absolute Gasteiger partial charge is 0.265 e. The molecule has 0 bridgehead atoms. The largest absolute Gasteiger partial charge is 0.481 e. The summed E-state index contributed by atoms with van der Waals surface area (Å²) >= 11 is 0. The Morgan fingerprint density at radius 3 is 2.49 bits per heavy atom. The van der Waals surface area contributed by atoms with Crippen LogP contribution < -0.4 is 10.1 Å². The Bertz CT molecular complexity index is 1210. The molecule has 3 aromatic rings. The Morgan fingerprint density at radius 2 is 1.80 bits per heavy atom. The first-order valence-corrected chi connectivity index (χ1v) is 11.8. The van der Waals surface area contributed by atoms with Gasteiger partial charge in [-0.3, -0.25) is 9.59 Å². The van der Waals surface area contributed by atoms with Crippen LogP contribution in [0.2, 0.25) is 0 Å². The third-order valence-corrected chi connectivity index (χ3v) is 6.19. The van der Waals surface area contributed by atoms with Gasteiger partial charge in [-0.05, 0) is 78.1 Å². The first kappa shape index (κ1) is 24.4. The van der Waals surface area contributed by atoms with Crippen molar-refractivity contribution in [2.45, 2.75) is 45.3 Å². The van der Waals surface area contributed by atoms with Crippen molar-refractivity contribution < 1.29 is 23.1 Å². The standard InChI is InChI=1S/C28H28F2N2O3/c1-3-25(28(34)31-22-11-9-20(29)10-12-22)35-23-13-8-18-14-15-32(26(33)4-2)27(24(18)17-23)19-6-5-7-21(30)16-19/h5-13,16-17,25,27H,3-4,14-15H2,1-2H3,(H,31,34)/t25-,27-/m1/s1. The maximum absolute atomic E-state index is 14.1. The summed E-state index contributed by atoms with van der Waals surface area (Å²) in [5.41, 5.74) is 3.07. The van der Waals surface area contributed by atoms with Gasteiger partial charge in [-0.25, -0.2) is 8.78 Å². The summed E-state index contributed by atoms with van der Waals surface area (Å²) in [6, 6.07) is 17.0. The summed E-state index contributed by atoms with van der Waals surface area (Å²) in [4.78, 5) is 27.3. The number of carbonyl (C=O) groups is 2. The van der Waals surface area contributed by atoms with E-state index in [-0.39, 0.29) is 23.4 Å². The number of halogens is 2. The van der Waals surface area contributed by atoms with Crippen molar-refractivity contribution in [1.82, 2.24) is 4.90 Å². The van der Waals surface area contributed by atoms with Crippen LogP contribution in [-0.4, -0.2) is 29.4 Å². The van der Waals surface area contributed by atoms with Crippen molar-refractivity contribution in [1.29, 1.82) is 0 Å². The minimum Gasteiger partial charge on any atom is -0.481 e. The summed E-state index contributed by atoms with van der Waals surface area (Å²) < 4.78 is 33.3. The van der Waals surface area contributed by atoms with Crippen LogP contribution in [0.25, 0.3) is 0 Å². The van der Waals surface area contributed by atoms with Gasteiger partial charge in [0.25, 0.3) is 5.91 Å². The molecular formula is C28H28F2N2O3. The molecule has 0 spiro atoms. The highest BCUT2D eigenvalue weighted by atomic mass is 19.1. The molecule has 1 aliphatic heterocycles. The Morgan fingerprint density at radius 1 is 1.03 bits per heavy atom. The molecule has 5 nitrogen and oxygen atoms in total. The van der Waals surface area contributed by atoms with Crippen molar-refractivity contribution in [2.75, 3.05) is 11.9 Å². The van der Waals surface area contributed by atoms with Crippen LogP contribution in [0.15, 0.2) is 66.7 Å². The number of amides is 2. The number of hydrogen-bond acceptors (Lipinski definition) is 3. The van der Waals surface area contributed by atoms with Gasteiger partial charge in [0.05, 0.1) is 6.04 Å². The Balaban J connectivity index is 1.62. The zero-order chi connectivity index (χ0) is 24.9. The molecule has 4 rings (SSSR count). The van der Waals surface area contributed by atoms with E-state index >= 15 is 0 Å². The molecule has 1 heterocycles. The molecule has 0 saturated heterocycles. The topological polar surface area (TPSA) is 58.6 Å². The highest BCUT2D eigenvalue weighted by Crippen LogP contribution is 2.38. The van der Waals surface area contributed by atoms with Gasteiger partial charge in [-0.1, -0.05) is 32.0 Å². The molecule has 1 N–H and O–H groups in total. The number of benzene rings is 3. The fourth-order valence-corrected chi connectivity index (χ4v) is 4.42. The van der Waals surface area contributed by atoms with Gasteiger partial charge in [-0.15, -0.1) is 0 Å². The maximum Gasteiger partial charge on any atom is 0.265 e. The zero-order valence-electron chi connectivity index (χ0n) is 19.8. The van der Waals surface area contributed by atoms with Crippen molar-refractivity contribution in [3.8, 4) is 5.75 Å². The molecule has 1 aliphatic rings.